The van der Waals surface area contributed by atoms with E-state index in [1.165, 1.54) is 0 Å². The van der Waals surface area contributed by atoms with E-state index >= 15 is 0 Å². The van der Waals surface area contributed by atoms with Crippen molar-refractivity contribution in [2.24, 2.45) is 0 Å². The van der Waals surface area contributed by atoms with Crippen LogP contribution in [-0.2, 0) is 4.74 Å². The van der Waals surface area contributed by atoms with Gasteiger partial charge < -0.3 is 20.7 Å². The molecular formula is C14H23N3O2. The number of carbonyl (C=O) groups is 1. The van der Waals surface area contributed by atoms with Gasteiger partial charge in [0.15, 0.2) is 0 Å². The Bertz CT molecular complexity index is 421. The minimum absolute atomic E-state index is 0.0946. The first-order valence-electron chi connectivity index (χ1n) is 6.48. The minimum Gasteiger partial charge on any atom is -0.397 e. The Morgan fingerprint density at radius 2 is 2.21 bits per heavy atom. The number of anilines is 2. The fourth-order valence-corrected chi connectivity index (χ4v) is 1.87. The molecule has 0 atom stereocenters. The zero-order valence-corrected chi connectivity index (χ0v) is 11.9. The van der Waals surface area contributed by atoms with Crippen LogP contribution in [0.1, 0.15) is 23.7 Å². The van der Waals surface area contributed by atoms with E-state index in [1.54, 1.807) is 19.2 Å². The summed E-state index contributed by atoms with van der Waals surface area (Å²) in [4.78, 5) is 13.8. The maximum Gasteiger partial charge on any atom is 0.251 e. The first-order chi connectivity index (χ1) is 9.10. The Morgan fingerprint density at radius 3 is 2.79 bits per heavy atom. The third-order valence-electron chi connectivity index (χ3n) is 2.88. The number of nitrogen functional groups attached to an aromatic ring is 1. The lowest BCUT2D eigenvalue weighted by Crippen LogP contribution is -2.24. The maximum absolute atomic E-state index is 11.7. The highest BCUT2D eigenvalue weighted by molar-refractivity contribution is 5.96. The average Bonchev–Trinajstić information content (AvgIpc) is 2.39. The molecule has 0 saturated carbocycles. The maximum atomic E-state index is 11.7. The molecule has 19 heavy (non-hydrogen) atoms. The average molecular weight is 265 g/mol. The number of methoxy groups -OCH3 is 1. The number of amides is 1. The molecule has 0 radical (unpaired) electrons. The number of carbonyl (C=O) groups excluding carboxylic acids is 1. The SMILES string of the molecule is CCNC(=O)c1ccc(N(C)CCCOC)c(N)c1. The minimum atomic E-state index is -0.0946. The summed E-state index contributed by atoms with van der Waals surface area (Å²) in [6.45, 7) is 4.08. The van der Waals surface area contributed by atoms with Gasteiger partial charge in [-0.05, 0) is 31.5 Å². The van der Waals surface area contributed by atoms with Gasteiger partial charge in [0, 0.05) is 39.4 Å². The largest absolute Gasteiger partial charge is 0.397 e. The molecule has 5 heteroatoms. The molecule has 0 saturated heterocycles. The van der Waals surface area contributed by atoms with Crippen LogP contribution in [0.4, 0.5) is 11.4 Å². The van der Waals surface area contributed by atoms with Crippen molar-refractivity contribution >= 4 is 17.3 Å². The molecule has 1 rings (SSSR count). The standard InChI is InChI=1S/C14H23N3O2/c1-4-16-14(18)11-6-7-13(12(15)10-11)17(2)8-5-9-19-3/h6-7,10H,4-5,8-9,15H2,1-3H3,(H,16,18). The topological polar surface area (TPSA) is 67.6 Å². The summed E-state index contributed by atoms with van der Waals surface area (Å²) in [6.07, 6.45) is 0.935. The predicted octanol–water partition coefficient (Wildman–Crippen LogP) is 1.49. The molecule has 0 aliphatic rings. The van der Waals surface area contributed by atoms with E-state index in [2.05, 4.69) is 10.2 Å². The highest BCUT2D eigenvalue weighted by Gasteiger charge is 2.09. The van der Waals surface area contributed by atoms with E-state index in [0.717, 1.165) is 25.3 Å². The van der Waals surface area contributed by atoms with Crippen molar-refractivity contribution in [2.75, 3.05) is 44.5 Å². The summed E-state index contributed by atoms with van der Waals surface area (Å²) in [5.74, 6) is -0.0946. The van der Waals surface area contributed by atoms with Gasteiger partial charge in [0.25, 0.3) is 5.91 Å². The van der Waals surface area contributed by atoms with Gasteiger partial charge in [-0.3, -0.25) is 4.79 Å². The van der Waals surface area contributed by atoms with Crippen molar-refractivity contribution in [3.05, 3.63) is 23.8 Å². The molecule has 3 N–H and O–H groups in total. The van der Waals surface area contributed by atoms with E-state index in [1.807, 2.05) is 20.0 Å². The number of nitrogens with zero attached hydrogens (tertiary/aromatic N) is 1. The van der Waals surface area contributed by atoms with Crippen molar-refractivity contribution in [1.82, 2.24) is 5.32 Å². The number of nitrogens with two attached hydrogens (primary N) is 1. The first kappa shape index (κ1) is 15.3. The van der Waals surface area contributed by atoms with Gasteiger partial charge in [0.1, 0.15) is 0 Å². The predicted molar refractivity (Wildman–Crippen MR) is 78.6 cm³/mol. The summed E-state index contributed by atoms with van der Waals surface area (Å²) < 4.78 is 5.02. The summed E-state index contributed by atoms with van der Waals surface area (Å²) >= 11 is 0. The second-order valence-corrected chi connectivity index (χ2v) is 4.40. The lowest BCUT2D eigenvalue weighted by atomic mass is 10.1. The van der Waals surface area contributed by atoms with Crippen molar-refractivity contribution < 1.29 is 9.53 Å². The number of rotatable bonds is 7. The molecule has 0 aliphatic heterocycles. The first-order valence-corrected chi connectivity index (χ1v) is 6.48. The Balaban J connectivity index is 2.73. The molecule has 0 unspecified atom stereocenters. The number of benzene rings is 1. The van der Waals surface area contributed by atoms with E-state index in [4.69, 9.17) is 10.5 Å². The molecule has 0 heterocycles. The third-order valence-corrected chi connectivity index (χ3v) is 2.88. The summed E-state index contributed by atoms with van der Waals surface area (Å²) in [6, 6.07) is 5.39. The third kappa shape index (κ3) is 4.44. The van der Waals surface area contributed by atoms with Gasteiger partial charge in [-0.15, -0.1) is 0 Å². The van der Waals surface area contributed by atoms with Crippen molar-refractivity contribution in [2.45, 2.75) is 13.3 Å². The van der Waals surface area contributed by atoms with Crippen molar-refractivity contribution in [3.8, 4) is 0 Å². The fraction of sp³-hybridized carbons (Fsp3) is 0.500. The van der Waals surface area contributed by atoms with E-state index in [0.29, 0.717) is 17.8 Å². The molecule has 1 aromatic carbocycles. The molecule has 0 aliphatic carbocycles. The molecule has 0 aromatic heterocycles. The highest BCUT2D eigenvalue weighted by atomic mass is 16.5. The van der Waals surface area contributed by atoms with Crippen LogP contribution in [0.3, 0.4) is 0 Å². The zero-order valence-electron chi connectivity index (χ0n) is 11.9. The highest BCUT2D eigenvalue weighted by Crippen LogP contribution is 2.23. The molecule has 106 valence electrons. The van der Waals surface area contributed by atoms with E-state index in [9.17, 15) is 4.79 Å². The van der Waals surface area contributed by atoms with Crippen LogP contribution in [0, 0.1) is 0 Å². The summed E-state index contributed by atoms with van der Waals surface area (Å²) in [5, 5.41) is 2.75. The second kappa shape index (κ2) is 7.63. The van der Waals surface area contributed by atoms with E-state index < -0.39 is 0 Å². The van der Waals surface area contributed by atoms with Crippen LogP contribution in [0.5, 0.6) is 0 Å². The van der Waals surface area contributed by atoms with Crippen molar-refractivity contribution in [3.63, 3.8) is 0 Å². The molecular weight excluding hydrogens is 242 g/mol. The Hall–Kier alpha value is -1.75. The number of hydrogen-bond donors (Lipinski definition) is 2. The normalized spacial score (nSPS) is 10.3. The molecule has 0 bridgehead atoms. The molecule has 0 fully saturated rings. The smallest absolute Gasteiger partial charge is 0.251 e. The van der Waals surface area contributed by atoms with Gasteiger partial charge in [-0.25, -0.2) is 0 Å². The number of hydrogen-bond acceptors (Lipinski definition) is 4. The fourth-order valence-electron chi connectivity index (χ4n) is 1.87. The van der Waals surface area contributed by atoms with Gasteiger partial charge in [-0.1, -0.05) is 0 Å². The Labute approximate surface area is 114 Å². The van der Waals surface area contributed by atoms with Gasteiger partial charge in [0.05, 0.1) is 11.4 Å². The van der Waals surface area contributed by atoms with Crippen LogP contribution >= 0.6 is 0 Å². The van der Waals surface area contributed by atoms with Crippen LogP contribution in [0.2, 0.25) is 0 Å². The second-order valence-electron chi connectivity index (χ2n) is 4.40. The summed E-state index contributed by atoms with van der Waals surface area (Å²) in [7, 11) is 3.67. The molecule has 5 nitrogen and oxygen atoms in total. The molecule has 0 spiro atoms. The van der Waals surface area contributed by atoms with Crippen LogP contribution in [0.15, 0.2) is 18.2 Å². The zero-order chi connectivity index (χ0) is 14.3. The van der Waals surface area contributed by atoms with Crippen molar-refractivity contribution in [1.29, 1.82) is 0 Å². The van der Waals surface area contributed by atoms with Gasteiger partial charge in [0.2, 0.25) is 0 Å². The molecule has 1 amide bonds. The lowest BCUT2D eigenvalue weighted by Gasteiger charge is -2.21. The van der Waals surface area contributed by atoms with Gasteiger partial charge >= 0.3 is 0 Å². The van der Waals surface area contributed by atoms with Gasteiger partial charge in [-0.2, -0.15) is 0 Å². The Kier molecular flexibility index (Phi) is 6.15. The molecule has 1 aromatic rings. The number of ether oxygens (including phenoxy) is 1. The quantitative estimate of drug-likeness (QED) is 0.579. The van der Waals surface area contributed by atoms with E-state index in [-0.39, 0.29) is 5.91 Å². The van der Waals surface area contributed by atoms with Crippen LogP contribution in [-0.4, -0.2) is 39.8 Å². The summed E-state index contributed by atoms with van der Waals surface area (Å²) in [5.41, 5.74) is 8.15. The monoisotopic (exact) mass is 265 g/mol. The van der Waals surface area contributed by atoms with Crippen LogP contribution in [0.25, 0.3) is 0 Å². The lowest BCUT2D eigenvalue weighted by molar-refractivity contribution is 0.0956. The number of nitrogens with one attached hydrogen (secondary N) is 1. The van der Waals surface area contributed by atoms with Crippen LogP contribution < -0.4 is 16.0 Å². The Morgan fingerprint density at radius 1 is 1.47 bits per heavy atom.